The van der Waals surface area contributed by atoms with Crippen molar-refractivity contribution in [3.05, 3.63) is 0 Å². The van der Waals surface area contributed by atoms with Gasteiger partial charge in [-0.05, 0) is 5.92 Å². The molecule has 16 heavy (non-hydrogen) atoms. The Morgan fingerprint density at radius 3 is 2.06 bits per heavy atom. The fourth-order valence-corrected chi connectivity index (χ4v) is 1.72. The molecule has 0 bridgehead atoms. The standard InChI is InChI=1S/C14H20O2/c1-7-9-13(5,6)14(8-2)15-10-12(3,4)11-16-14/h1-2H,9-11H2,3-6H3. The Kier molecular flexibility index (Phi) is 3.38. The molecule has 88 valence electrons. The maximum Gasteiger partial charge on any atom is 0.239 e. The lowest BCUT2D eigenvalue weighted by Crippen LogP contribution is -2.55. The van der Waals surface area contributed by atoms with Gasteiger partial charge in [0, 0.05) is 17.3 Å². The maximum absolute atomic E-state index is 5.79. The normalized spacial score (nSPS) is 23.1. The molecule has 1 rings (SSSR count). The average Bonchev–Trinajstić information content (AvgIpc) is 2.18. The molecule has 1 aliphatic heterocycles. The van der Waals surface area contributed by atoms with Crippen LogP contribution >= 0.6 is 0 Å². The lowest BCUT2D eigenvalue weighted by molar-refractivity contribution is -0.309. The molecule has 1 heterocycles. The van der Waals surface area contributed by atoms with Crippen molar-refractivity contribution in [1.82, 2.24) is 0 Å². The van der Waals surface area contributed by atoms with Crippen molar-refractivity contribution in [2.75, 3.05) is 13.2 Å². The van der Waals surface area contributed by atoms with E-state index in [1.54, 1.807) is 0 Å². The molecule has 0 aromatic carbocycles. The fourth-order valence-electron chi connectivity index (χ4n) is 1.72. The predicted octanol–water partition coefficient (Wildman–Crippen LogP) is 2.44. The summed E-state index contributed by atoms with van der Waals surface area (Å²) in [6.45, 7) is 9.30. The van der Waals surface area contributed by atoms with Gasteiger partial charge in [0.25, 0.3) is 0 Å². The van der Waals surface area contributed by atoms with Crippen LogP contribution in [0.5, 0.6) is 0 Å². The van der Waals surface area contributed by atoms with Crippen molar-refractivity contribution in [2.24, 2.45) is 10.8 Å². The smallest absolute Gasteiger partial charge is 0.239 e. The van der Waals surface area contributed by atoms with Crippen LogP contribution < -0.4 is 0 Å². The first-order valence-corrected chi connectivity index (χ1v) is 5.48. The quantitative estimate of drug-likeness (QED) is 0.665. The third kappa shape index (κ3) is 2.24. The Balaban J connectivity index is 2.91. The molecule has 0 radical (unpaired) electrons. The van der Waals surface area contributed by atoms with Gasteiger partial charge in [0.05, 0.1) is 13.2 Å². The Labute approximate surface area is 98.7 Å². The molecule has 2 nitrogen and oxygen atoms in total. The van der Waals surface area contributed by atoms with Crippen LogP contribution in [-0.4, -0.2) is 19.0 Å². The van der Waals surface area contributed by atoms with E-state index in [4.69, 9.17) is 22.3 Å². The number of hydrogen-bond acceptors (Lipinski definition) is 2. The van der Waals surface area contributed by atoms with E-state index in [0.717, 1.165) is 0 Å². The van der Waals surface area contributed by atoms with Crippen molar-refractivity contribution in [3.8, 4) is 24.7 Å². The zero-order chi connectivity index (χ0) is 12.4. The summed E-state index contributed by atoms with van der Waals surface area (Å²) in [4.78, 5) is 0. The molecule has 0 saturated carbocycles. The average molecular weight is 220 g/mol. The molecule has 0 aliphatic carbocycles. The zero-order valence-electron chi connectivity index (χ0n) is 10.6. The summed E-state index contributed by atoms with van der Waals surface area (Å²) < 4.78 is 11.6. The van der Waals surface area contributed by atoms with Crippen LogP contribution in [0, 0.1) is 35.5 Å². The van der Waals surface area contributed by atoms with Crippen molar-refractivity contribution < 1.29 is 9.47 Å². The second-order valence-electron chi connectivity index (χ2n) is 5.77. The maximum atomic E-state index is 5.79. The summed E-state index contributed by atoms with van der Waals surface area (Å²) in [5.41, 5.74) is -0.375. The molecule has 0 aromatic heterocycles. The van der Waals surface area contributed by atoms with E-state index in [9.17, 15) is 0 Å². The predicted molar refractivity (Wildman–Crippen MR) is 64.5 cm³/mol. The van der Waals surface area contributed by atoms with Gasteiger partial charge in [-0.3, -0.25) is 0 Å². The molecular formula is C14H20O2. The molecular weight excluding hydrogens is 200 g/mol. The van der Waals surface area contributed by atoms with Crippen molar-refractivity contribution in [3.63, 3.8) is 0 Å². The van der Waals surface area contributed by atoms with Crippen LogP contribution in [0.4, 0.5) is 0 Å². The Bertz CT molecular complexity index is 329. The van der Waals surface area contributed by atoms with Crippen LogP contribution in [0.15, 0.2) is 0 Å². The molecule has 0 atom stereocenters. The first-order chi connectivity index (χ1) is 7.29. The molecule has 1 fully saturated rings. The summed E-state index contributed by atoms with van der Waals surface area (Å²) in [5.74, 6) is 4.28. The van der Waals surface area contributed by atoms with Crippen molar-refractivity contribution in [1.29, 1.82) is 0 Å². The van der Waals surface area contributed by atoms with E-state index >= 15 is 0 Å². The van der Waals surface area contributed by atoms with Gasteiger partial charge in [0.1, 0.15) is 0 Å². The van der Waals surface area contributed by atoms with Gasteiger partial charge in [-0.2, -0.15) is 0 Å². The van der Waals surface area contributed by atoms with Crippen LogP contribution in [-0.2, 0) is 9.47 Å². The lowest BCUT2D eigenvalue weighted by Gasteiger charge is -2.47. The van der Waals surface area contributed by atoms with Crippen LogP contribution in [0.3, 0.4) is 0 Å². The minimum atomic E-state index is -0.991. The molecule has 0 aromatic rings. The van der Waals surface area contributed by atoms with E-state index in [1.807, 2.05) is 13.8 Å². The fraction of sp³-hybridized carbons (Fsp3) is 0.714. The van der Waals surface area contributed by atoms with E-state index in [2.05, 4.69) is 25.7 Å². The molecule has 1 saturated heterocycles. The van der Waals surface area contributed by atoms with Gasteiger partial charge in [0.2, 0.25) is 5.79 Å². The Hall–Kier alpha value is -0.960. The van der Waals surface area contributed by atoms with Gasteiger partial charge in [-0.1, -0.05) is 27.7 Å². The van der Waals surface area contributed by atoms with Crippen molar-refractivity contribution in [2.45, 2.75) is 39.9 Å². The van der Waals surface area contributed by atoms with E-state index in [0.29, 0.717) is 19.6 Å². The molecule has 0 N–H and O–H groups in total. The third-order valence-electron chi connectivity index (χ3n) is 2.96. The highest BCUT2D eigenvalue weighted by molar-refractivity contribution is 5.14. The topological polar surface area (TPSA) is 18.5 Å². The highest BCUT2D eigenvalue weighted by atomic mass is 16.7. The van der Waals surface area contributed by atoms with Crippen LogP contribution in [0.1, 0.15) is 34.1 Å². The van der Waals surface area contributed by atoms with Gasteiger partial charge in [0.15, 0.2) is 0 Å². The summed E-state index contributed by atoms with van der Waals surface area (Å²) in [7, 11) is 0. The first-order valence-electron chi connectivity index (χ1n) is 5.48. The molecule has 0 unspecified atom stereocenters. The third-order valence-corrected chi connectivity index (χ3v) is 2.96. The van der Waals surface area contributed by atoms with E-state index < -0.39 is 5.79 Å². The lowest BCUT2D eigenvalue weighted by atomic mass is 9.79. The number of terminal acetylenes is 2. The van der Waals surface area contributed by atoms with E-state index in [1.165, 1.54) is 0 Å². The summed E-state index contributed by atoms with van der Waals surface area (Å²) in [6, 6.07) is 0. The molecule has 1 aliphatic rings. The zero-order valence-corrected chi connectivity index (χ0v) is 10.6. The second kappa shape index (κ2) is 4.13. The number of hydrogen-bond donors (Lipinski definition) is 0. The molecule has 0 amide bonds. The summed E-state index contributed by atoms with van der Waals surface area (Å²) in [6.07, 6.45) is 11.5. The number of ether oxygens (including phenoxy) is 2. The van der Waals surface area contributed by atoms with Gasteiger partial charge in [-0.25, -0.2) is 0 Å². The van der Waals surface area contributed by atoms with Gasteiger partial charge >= 0.3 is 0 Å². The molecule has 2 heteroatoms. The minimum absolute atomic E-state index is 0.00652. The highest BCUT2D eigenvalue weighted by Gasteiger charge is 2.50. The van der Waals surface area contributed by atoms with Crippen LogP contribution in [0.25, 0.3) is 0 Å². The summed E-state index contributed by atoms with van der Waals surface area (Å²) >= 11 is 0. The minimum Gasteiger partial charge on any atom is -0.339 e. The Morgan fingerprint density at radius 2 is 1.69 bits per heavy atom. The largest absolute Gasteiger partial charge is 0.339 e. The SMILES string of the molecule is C#CCC(C)(C)C1(C#C)OCC(C)(C)CO1. The van der Waals surface area contributed by atoms with E-state index in [-0.39, 0.29) is 10.8 Å². The summed E-state index contributed by atoms with van der Waals surface area (Å²) in [5, 5.41) is 0. The van der Waals surface area contributed by atoms with Crippen LogP contribution in [0.2, 0.25) is 0 Å². The first kappa shape index (κ1) is 13.1. The second-order valence-corrected chi connectivity index (χ2v) is 5.77. The van der Waals surface area contributed by atoms with Gasteiger partial charge < -0.3 is 9.47 Å². The monoisotopic (exact) mass is 220 g/mol. The van der Waals surface area contributed by atoms with Gasteiger partial charge in [-0.15, -0.1) is 18.8 Å². The Morgan fingerprint density at radius 1 is 1.19 bits per heavy atom. The molecule has 0 spiro atoms. The van der Waals surface area contributed by atoms with Crippen molar-refractivity contribution >= 4 is 0 Å². The highest BCUT2D eigenvalue weighted by Crippen LogP contribution is 2.42. The number of rotatable bonds is 2.